The third-order valence-electron chi connectivity index (χ3n) is 3.68. The Hall–Kier alpha value is -1.40. The molecule has 21 heavy (non-hydrogen) atoms. The fourth-order valence-electron chi connectivity index (χ4n) is 2.37. The smallest absolute Gasteiger partial charge is 0.315 e. The lowest BCUT2D eigenvalue weighted by Crippen LogP contribution is -2.44. The zero-order chi connectivity index (χ0) is 16.1. The lowest BCUT2D eigenvalue weighted by molar-refractivity contribution is -0.143. The number of aliphatic carboxylic acids is 1. The molecule has 0 aliphatic rings. The van der Waals surface area contributed by atoms with Crippen LogP contribution in [0.15, 0.2) is 24.3 Å². The lowest BCUT2D eigenvalue weighted by atomic mass is 9.77. The van der Waals surface area contributed by atoms with Gasteiger partial charge in [0.2, 0.25) is 0 Å². The highest BCUT2D eigenvalue weighted by molar-refractivity contribution is 7.91. The van der Waals surface area contributed by atoms with Crippen LogP contribution in [0.2, 0.25) is 0 Å². The Morgan fingerprint density at radius 3 is 2.48 bits per heavy atom. The first-order chi connectivity index (χ1) is 9.77. The summed E-state index contributed by atoms with van der Waals surface area (Å²) in [6, 6.07) is 7.08. The van der Waals surface area contributed by atoms with Gasteiger partial charge >= 0.3 is 5.97 Å². The molecular weight excluding hydrogens is 290 g/mol. The number of carboxylic acids is 1. The van der Waals surface area contributed by atoms with E-state index in [2.05, 4.69) is 0 Å². The molecule has 1 unspecified atom stereocenters. The van der Waals surface area contributed by atoms with E-state index in [1.54, 1.807) is 25.1 Å². The van der Waals surface area contributed by atoms with Crippen LogP contribution in [0.5, 0.6) is 0 Å². The second-order valence-electron chi connectivity index (χ2n) is 5.36. The van der Waals surface area contributed by atoms with Gasteiger partial charge in [0.05, 0.1) is 5.75 Å². The minimum Gasteiger partial charge on any atom is -0.481 e. The van der Waals surface area contributed by atoms with Crippen molar-refractivity contribution in [2.24, 2.45) is 5.73 Å². The summed E-state index contributed by atoms with van der Waals surface area (Å²) in [4.78, 5) is 11.8. The van der Waals surface area contributed by atoms with Gasteiger partial charge in [-0.15, -0.1) is 0 Å². The maximum atomic E-state index is 11.9. The van der Waals surface area contributed by atoms with Crippen molar-refractivity contribution in [3.05, 3.63) is 35.4 Å². The van der Waals surface area contributed by atoms with Crippen molar-refractivity contribution in [3.8, 4) is 0 Å². The van der Waals surface area contributed by atoms with Crippen molar-refractivity contribution in [3.63, 3.8) is 0 Å². The molecule has 1 atom stereocenters. The van der Waals surface area contributed by atoms with E-state index in [0.29, 0.717) is 12.0 Å². The summed E-state index contributed by atoms with van der Waals surface area (Å²) < 4.78 is 23.8. The molecule has 5 nitrogen and oxygen atoms in total. The second-order valence-corrected chi connectivity index (χ2v) is 7.67. The van der Waals surface area contributed by atoms with Crippen LogP contribution in [0.25, 0.3) is 0 Å². The molecule has 0 saturated carbocycles. The molecule has 0 aliphatic heterocycles. The lowest BCUT2D eigenvalue weighted by Gasteiger charge is -2.28. The van der Waals surface area contributed by atoms with Crippen LogP contribution in [0, 0.1) is 6.92 Å². The fourth-order valence-corrected chi connectivity index (χ4v) is 3.85. The van der Waals surface area contributed by atoms with E-state index < -0.39 is 21.2 Å². The monoisotopic (exact) mass is 313 g/mol. The van der Waals surface area contributed by atoms with E-state index in [0.717, 1.165) is 5.56 Å². The van der Waals surface area contributed by atoms with Crippen LogP contribution in [0.4, 0.5) is 0 Å². The number of nitrogens with two attached hydrogens (primary N) is 1. The van der Waals surface area contributed by atoms with Gasteiger partial charge in [-0.3, -0.25) is 4.79 Å². The van der Waals surface area contributed by atoms with Crippen molar-refractivity contribution < 1.29 is 18.3 Å². The van der Waals surface area contributed by atoms with Gasteiger partial charge in [-0.2, -0.15) is 0 Å². The quantitative estimate of drug-likeness (QED) is 0.758. The number of aryl methyl sites for hydroxylation is 1. The van der Waals surface area contributed by atoms with Crippen molar-refractivity contribution in [1.82, 2.24) is 0 Å². The first kappa shape index (κ1) is 17.7. The maximum absolute atomic E-state index is 11.9. The van der Waals surface area contributed by atoms with Crippen LogP contribution < -0.4 is 5.73 Å². The van der Waals surface area contributed by atoms with Gasteiger partial charge in [0.15, 0.2) is 0 Å². The van der Waals surface area contributed by atoms with E-state index in [-0.39, 0.29) is 24.5 Å². The summed E-state index contributed by atoms with van der Waals surface area (Å²) in [5.74, 6) is -1.18. The van der Waals surface area contributed by atoms with Gasteiger partial charge in [0, 0.05) is 12.3 Å². The summed E-state index contributed by atoms with van der Waals surface area (Å²) in [6.45, 7) is 3.51. The van der Waals surface area contributed by atoms with Crippen LogP contribution >= 0.6 is 0 Å². The summed E-state index contributed by atoms with van der Waals surface area (Å²) in [5, 5.41) is 9.62. The molecule has 0 radical (unpaired) electrons. The maximum Gasteiger partial charge on any atom is 0.315 e. The van der Waals surface area contributed by atoms with Gasteiger partial charge in [0.1, 0.15) is 15.3 Å². The number of sulfone groups is 1. The molecule has 3 N–H and O–H groups in total. The number of hydrogen-bond donors (Lipinski definition) is 2. The largest absolute Gasteiger partial charge is 0.481 e. The molecular formula is C15H23NO4S. The minimum absolute atomic E-state index is 0.00931. The number of benzene rings is 1. The highest BCUT2D eigenvalue weighted by atomic mass is 32.2. The first-order valence-electron chi connectivity index (χ1n) is 6.98. The Labute approximate surface area is 126 Å². The molecule has 1 aromatic rings. The zero-order valence-corrected chi connectivity index (χ0v) is 13.3. The fraction of sp³-hybridized carbons (Fsp3) is 0.533. The van der Waals surface area contributed by atoms with Crippen LogP contribution in [0.3, 0.4) is 0 Å². The normalized spacial score (nSPS) is 14.6. The van der Waals surface area contributed by atoms with Gasteiger partial charge in [-0.25, -0.2) is 8.42 Å². The van der Waals surface area contributed by atoms with Gasteiger partial charge in [0.25, 0.3) is 0 Å². The molecule has 6 heteroatoms. The summed E-state index contributed by atoms with van der Waals surface area (Å²) in [5.41, 5.74) is 5.84. The molecule has 1 aromatic carbocycles. The number of rotatable bonds is 8. The van der Waals surface area contributed by atoms with E-state index >= 15 is 0 Å². The third kappa shape index (κ3) is 4.28. The summed E-state index contributed by atoms with van der Waals surface area (Å²) in [7, 11) is -3.25. The van der Waals surface area contributed by atoms with Crippen molar-refractivity contribution >= 4 is 15.8 Å². The van der Waals surface area contributed by atoms with E-state index in [1.807, 2.05) is 13.0 Å². The SMILES string of the molecule is CCCS(=O)(=O)CCC(CN)(C(=O)O)c1cccc(C)c1. The Morgan fingerprint density at radius 2 is 2.00 bits per heavy atom. The van der Waals surface area contributed by atoms with Gasteiger partial charge in [-0.1, -0.05) is 36.8 Å². The van der Waals surface area contributed by atoms with Crippen molar-refractivity contribution in [1.29, 1.82) is 0 Å². The summed E-state index contributed by atoms with van der Waals surface area (Å²) in [6.07, 6.45) is 0.514. The Kier molecular flexibility index (Phi) is 5.92. The third-order valence-corrected chi connectivity index (χ3v) is 5.54. The Morgan fingerprint density at radius 1 is 1.33 bits per heavy atom. The van der Waals surface area contributed by atoms with Crippen LogP contribution in [0.1, 0.15) is 30.9 Å². The summed E-state index contributed by atoms with van der Waals surface area (Å²) >= 11 is 0. The molecule has 0 aromatic heterocycles. The van der Waals surface area contributed by atoms with Gasteiger partial charge < -0.3 is 10.8 Å². The molecule has 118 valence electrons. The Bertz CT molecular complexity index is 597. The van der Waals surface area contributed by atoms with Crippen molar-refractivity contribution in [2.45, 2.75) is 32.1 Å². The molecule has 0 bridgehead atoms. The second kappa shape index (κ2) is 7.04. The molecule has 0 aliphatic carbocycles. The first-order valence-corrected chi connectivity index (χ1v) is 8.80. The molecule has 0 fully saturated rings. The predicted molar refractivity (Wildman–Crippen MR) is 83.1 cm³/mol. The zero-order valence-electron chi connectivity index (χ0n) is 12.5. The van der Waals surface area contributed by atoms with Crippen LogP contribution in [-0.4, -0.2) is 37.5 Å². The topological polar surface area (TPSA) is 97.5 Å². The molecule has 0 amide bonds. The minimum atomic E-state index is -3.25. The highest BCUT2D eigenvalue weighted by Crippen LogP contribution is 2.29. The molecule has 0 heterocycles. The average Bonchev–Trinajstić information content (AvgIpc) is 2.39. The van der Waals surface area contributed by atoms with E-state index in [9.17, 15) is 18.3 Å². The van der Waals surface area contributed by atoms with Crippen molar-refractivity contribution in [2.75, 3.05) is 18.1 Å². The number of hydrogen-bond acceptors (Lipinski definition) is 4. The van der Waals surface area contributed by atoms with Gasteiger partial charge in [-0.05, 0) is 25.3 Å². The number of carboxylic acid groups (broad SMARTS) is 1. The van der Waals surface area contributed by atoms with E-state index in [1.165, 1.54) is 0 Å². The van der Waals surface area contributed by atoms with Crippen LogP contribution in [-0.2, 0) is 20.0 Å². The molecule has 1 rings (SSSR count). The van der Waals surface area contributed by atoms with E-state index in [4.69, 9.17) is 5.73 Å². The molecule has 0 saturated heterocycles. The predicted octanol–water partition coefficient (Wildman–Crippen LogP) is 1.49. The standard InChI is InChI=1S/C15H23NO4S/c1-3-8-21(19,20)9-7-15(11-16,14(17)18)13-6-4-5-12(2)10-13/h4-6,10H,3,7-9,11,16H2,1-2H3,(H,17,18). The highest BCUT2D eigenvalue weighted by Gasteiger charge is 2.40. The number of carbonyl (C=O) groups is 1. The molecule has 0 spiro atoms. The average molecular weight is 313 g/mol. The Balaban J connectivity index is 3.14.